The van der Waals surface area contributed by atoms with E-state index in [4.69, 9.17) is 0 Å². The maximum atomic E-state index is 12.5. The monoisotopic (exact) mass is 271 g/mol. The molecule has 0 saturated heterocycles. The Morgan fingerprint density at radius 3 is 2.21 bits per heavy atom. The summed E-state index contributed by atoms with van der Waals surface area (Å²) in [6.45, 7) is 6.84. The number of alkyl halides is 3. The summed E-state index contributed by atoms with van der Waals surface area (Å²) >= 11 is 0. The predicted octanol–water partition coefficient (Wildman–Crippen LogP) is 4.71. The van der Waals surface area contributed by atoms with Crippen LogP contribution >= 0.6 is 0 Å². The van der Waals surface area contributed by atoms with E-state index in [1.165, 1.54) is 12.1 Å². The number of nitrogens with one attached hydrogen (secondary N) is 1. The standard InChI is InChI=1S/C15H20F3N/c1-4-9-19-14(10-11(2)3)12-5-7-13(8-6-12)15(16,17)18/h5-8,10,14,19H,4,9H2,1-3H3. The van der Waals surface area contributed by atoms with Crippen molar-refractivity contribution >= 4 is 0 Å². The molecule has 1 N–H and O–H groups in total. The molecule has 0 heterocycles. The number of hydrogen-bond donors (Lipinski definition) is 1. The van der Waals surface area contributed by atoms with E-state index in [0.717, 1.165) is 36.2 Å². The van der Waals surface area contributed by atoms with Crippen molar-refractivity contribution in [3.05, 3.63) is 47.0 Å². The molecule has 1 aromatic carbocycles. The topological polar surface area (TPSA) is 12.0 Å². The number of halogens is 3. The van der Waals surface area contributed by atoms with Gasteiger partial charge in [-0.3, -0.25) is 0 Å². The van der Waals surface area contributed by atoms with Crippen LogP contribution in [0.4, 0.5) is 13.2 Å². The lowest BCUT2D eigenvalue weighted by molar-refractivity contribution is -0.137. The summed E-state index contributed by atoms with van der Waals surface area (Å²) in [5.41, 5.74) is 1.37. The second-order valence-corrected chi connectivity index (χ2v) is 4.80. The highest BCUT2D eigenvalue weighted by atomic mass is 19.4. The van der Waals surface area contributed by atoms with Crippen LogP contribution in [0.1, 0.15) is 44.4 Å². The van der Waals surface area contributed by atoms with Gasteiger partial charge < -0.3 is 5.32 Å². The molecular weight excluding hydrogens is 251 g/mol. The Kier molecular flexibility index (Phi) is 5.60. The molecule has 1 aromatic rings. The Morgan fingerprint density at radius 1 is 1.21 bits per heavy atom. The van der Waals surface area contributed by atoms with Crippen LogP contribution in [-0.2, 0) is 6.18 Å². The van der Waals surface area contributed by atoms with E-state index >= 15 is 0 Å². The normalized spacial score (nSPS) is 13.2. The molecule has 0 bridgehead atoms. The van der Waals surface area contributed by atoms with E-state index in [0.29, 0.717) is 0 Å². The predicted molar refractivity (Wildman–Crippen MR) is 71.9 cm³/mol. The molecular formula is C15H20F3N. The van der Waals surface area contributed by atoms with Gasteiger partial charge in [-0.05, 0) is 44.5 Å². The van der Waals surface area contributed by atoms with Crippen LogP contribution in [0, 0.1) is 0 Å². The van der Waals surface area contributed by atoms with Crippen molar-refractivity contribution in [2.45, 2.75) is 39.4 Å². The van der Waals surface area contributed by atoms with Crippen LogP contribution in [0.2, 0.25) is 0 Å². The molecule has 1 atom stereocenters. The molecule has 0 fully saturated rings. The van der Waals surface area contributed by atoms with Gasteiger partial charge in [-0.1, -0.05) is 30.7 Å². The van der Waals surface area contributed by atoms with Crippen LogP contribution < -0.4 is 5.32 Å². The van der Waals surface area contributed by atoms with E-state index in [2.05, 4.69) is 12.2 Å². The highest BCUT2D eigenvalue weighted by Gasteiger charge is 2.30. The van der Waals surface area contributed by atoms with E-state index in [1.807, 2.05) is 19.9 Å². The van der Waals surface area contributed by atoms with Gasteiger partial charge in [0, 0.05) is 0 Å². The number of rotatable bonds is 5. The molecule has 0 aliphatic rings. The van der Waals surface area contributed by atoms with E-state index in [-0.39, 0.29) is 6.04 Å². The van der Waals surface area contributed by atoms with E-state index < -0.39 is 11.7 Å². The minimum absolute atomic E-state index is 0.0350. The Bertz CT molecular complexity index is 414. The van der Waals surface area contributed by atoms with Crippen molar-refractivity contribution in [2.24, 2.45) is 0 Å². The molecule has 1 nitrogen and oxygen atoms in total. The lowest BCUT2D eigenvalue weighted by Crippen LogP contribution is -2.20. The van der Waals surface area contributed by atoms with E-state index in [1.54, 1.807) is 0 Å². The molecule has 0 saturated carbocycles. The highest BCUT2D eigenvalue weighted by Crippen LogP contribution is 2.30. The SMILES string of the molecule is CCCNC(C=C(C)C)c1ccc(C(F)(F)F)cc1. The van der Waals surface area contributed by atoms with Crippen LogP contribution in [0.5, 0.6) is 0 Å². The van der Waals surface area contributed by atoms with Crippen molar-refractivity contribution in [3.8, 4) is 0 Å². The van der Waals surface area contributed by atoms with Gasteiger partial charge in [-0.25, -0.2) is 0 Å². The Hall–Kier alpha value is -1.29. The second kappa shape index (κ2) is 6.75. The molecule has 19 heavy (non-hydrogen) atoms. The van der Waals surface area contributed by atoms with Gasteiger partial charge in [-0.2, -0.15) is 13.2 Å². The summed E-state index contributed by atoms with van der Waals surface area (Å²) in [5.74, 6) is 0. The van der Waals surface area contributed by atoms with Crippen molar-refractivity contribution in [1.29, 1.82) is 0 Å². The van der Waals surface area contributed by atoms with Crippen molar-refractivity contribution in [1.82, 2.24) is 5.32 Å². The molecule has 0 amide bonds. The van der Waals surface area contributed by atoms with Gasteiger partial charge in [0.2, 0.25) is 0 Å². The van der Waals surface area contributed by atoms with Gasteiger partial charge >= 0.3 is 6.18 Å². The first-order valence-electron chi connectivity index (χ1n) is 6.40. The zero-order valence-electron chi connectivity index (χ0n) is 11.5. The largest absolute Gasteiger partial charge is 0.416 e. The summed E-state index contributed by atoms with van der Waals surface area (Å²) in [5, 5.41) is 3.32. The van der Waals surface area contributed by atoms with Gasteiger partial charge in [0.1, 0.15) is 0 Å². The molecule has 1 unspecified atom stereocenters. The molecule has 0 aliphatic carbocycles. The third-order valence-corrected chi connectivity index (χ3v) is 2.71. The first-order valence-corrected chi connectivity index (χ1v) is 6.40. The van der Waals surface area contributed by atoms with Gasteiger partial charge in [0.25, 0.3) is 0 Å². The van der Waals surface area contributed by atoms with Crippen LogP contribution in [0.3, 0.4) is 0 Å². The van der Waals surface area contributed by atoms with E-state index in [9.17, 15) is 13.2 Å². The van der Waals surface area contributed by atoms with Crippen LogP contribution in [0.25, 0.3) is 0 Å². The summed E-state index contributed by atoms with van der Waals surface area (Å²) in [4.78, 5) is 0. The molecule has 1 rings (SSSR count). The second-order valence-electron chi connectivity index (χ2n) is 4.80. The minimum atomic E-state index is -4.28. The van der Waals surface area contributed by atoms with Crippen molar-refractivity contribution in [2.75, 3.05) is 6.54 Å². The first kappa shape index (κ1) is 15.8. The lowest BCUT2D eigenvalue weighted by Gasteiger charge is -2.17. The maximum Gasteiger partial charge on any atom is 0.416 e. The summed E-state index contributed by atoms with van der Waals surface area (Å²) < 4.78 is 37.5. The summed E-state index contributed by atoms with van der Waals surface area (Å²) in [6.07, 6.45) is -1.27. The van der Waals surface area contributed by atoms with Crippen molar-refractivity contribution < 1.29 is 13.2 Å². The van der Waals surface area contributed by atoms with Crippen LogP contribution in [0.15, 0.2) is 35.9 Å². The maximum absolute atomic E-state index is 12.5. The molecule has 0 spiro atoms. The Morgan fingerprint density at radius 2 is 1.79 bits per heavy atom. The van der Waals surface area contributed by atoms with Gasteiger partial charge in [0.05, 0.1) is 11.6 Å². The third-order valence-electron chi connectivity index (χ3n) is 2.71. The summed E-state index contributed by atoms with van der Waals surface area (Å²) in [6, 6.07) is 5.31. The lowest BCUT2D eigenvalue weighted by atomic mass is 10.0. The highest BCUT2D eigenvalue weighted by molar-refractivity contribution is 5.29. The fourth-order valence-electron chi connectivity index (χ4n) is 1.79. The summed E-state index contributed by atoms with van der Waals surface area (Å²) in [7, 11) is 0. The van der Waals surface area contributed by atoms with Gasteiger partial charge in [-0.15, -0.1) is 0 Å². The molecule has 0 radical (unpaired) electrons. The fourth-order valence-corrected chi connectivity index (χ4v) is 1.79. The van der Waals surface area contributed by atoms with Crippen molar-refractivity contribution in [3.63, 3.8) is 0 Å². The number of allylic oxidation sites excluding steroid dienone is 1. The first-order chi connectivity index (χ1) is 8.84. The minimum Gasteiger partial charge on any atom is -0.307 e. The number of benzene rings is 1. The Balaban J connectivity index is 2.94. The number of hydrogen-bond acceptors (Lipinski definition) is 1. The molecule has 0 aromatic heterocycles. The van der Waals surface area contributed by atoms with Crippen LogP contribution in [-0.4, -0.2) is 6.54 Å². The van der Waals surface area contributed by atoms with Gasteiger partial charge in [0.15, 0.2) is 0 Å². The molecule has 106 valence electrons. The molecule has 4 heteroatoms. The smallest absolute Gasteiger partial charge is 0.307 e. The zero-order chi connectivity index (χ0) is 14.5. The molecule has 0 aliphatic heterocycles. The average molecular weight is 271 g/mol. The zero-order valence-corrected chi connectivity index (χ0v) is 11.5. The average Bonchev–Trinajstić information content (AvgIpc) is 2.33. The third kappa shape index (κ3) is 5.07. The Labute approximate surface area is 112 Å². The quantitative estimate of drug-likeness (QED) is 0.765. The fraction of sp³-hybridized carbons (Fsp3) is 0.467.